The molecule has 2 amide bonds. The number of amides is 2. The van der Waals surface area contributed by atoms with Gasteiger partial charge in [0.15, 0.2) is 0 Å². The molecule has 1 N–H and O–H groups in total. The Kier molecular flexibility index (Phi) is 5.08. The van der Waals surface area contributed by atoms with E-state index in [0.717, 1.165) is 19.5 Å². The van der Waals surface area contributed by atoms with Crippen molar-refractivity contribution in [2.45, 2.75) is 44.2 Å². The lowest BCUT2D eigenvalue weighted by atomic mass is 9.85. The zero-order valence-electron chi connectivity index (χ0n) is 14.1. The van der Waals surface area contributed by atoms with Crippen LogP contribution >= 0.6 is 0 Å². The highest BCUT2D eigenvalue weighted by Crippen LogP contribution is 2.30. The quantitative estimate of drug-likeness (QED) is 0.779. The van der Waals surface area contributed by atoms with E-state index < -0.39 is 5.54 Å². The molecule has 2 saturated heterocycles. The van der Waals surface area contributed by atoms with Gasteiger partial charge in [-0.3, -0.25) is 14.5 Å². The van der Waals surface area contributed by atoms with E-state index in [1.807, 2.05) is 11.9 Å². The highest BCUT2D eigenvalue weighted by molar-refractivity contribution is 5.87. The third-order valence-corrected chi connectivity index (χ3v) is 5.22. The summed E-state index contributed by atoms with van der Waals surface area (Å²) in [6, 6.07) is 0. The van der Waals surface area contributed by atoms with Gasteiger partial charge in [0.1, 0.15) is 11.9 Å². The van der Waals surface area contributed by atoms with E-state index >= 15 is 0 Å². The Balaban J connectivity index is 1.50. The van der Waals surface area contributed by atoms with Gasteiger partial charge in [0.25, 0.3) is 0 Å². The summed E-state index contributed by atoms with van der Waals surface area (Å²) in [7, 11) is 2.02. The summed E-state index contributed by atoms with van der Waals surface area (Å²) in [6.45, 7) is 3.58. The lowest BCUT2D eigenvalue weighted by Crippen LogP contribution is -2.61. The maximum absolute atomic E-state index is 12.5. The van der Waals surface area contributed by atoms with Crippen molar-refractivity contribution in [2.75, 3.05) is 33.2 Å². The minimum atomic E-state index is -0.445. The Morgan fingerprint density at radius 2 is 2.12 bits per heavy atom. The first-order valence-electron chi connectivity index (χ1n) is 8.60. The van der Waals surface area contributed by atoms with E-state index in [1.54, 1.807) is 11.0 Å². The summed E-state index contributed by atoms with van der Waals surface area (Å²) < 4.78 is 1.63. The van der Waals surface area contributed by atoms with Crippen LogP contribution < -0.4 is 5.32 Å². The van der Waals surface area contributed by atoms with Crippen LogP contribution in [0.15, 0.2) is 6.33 Å². The minimum Gasteiger partial charge on any atom is -0.354 e. The van der Waals surface area contributed by atoms with Crippen LogP contribution in [0.25, 0.3) is 0 Å². The van der Waals surface area contributed by atoms with Gasteiger partial charge in [-0.1, -0.05) is 0 Å². The summed E-state index contributed by atoms with van der Waals surface area (Å²) in [5.41, 5.74) is -0.445. The van der Waals surface area contributed by atoms with Gasteiger partial charge < -0.3 is 10.2 Å². The molecule has 0 aliphatic carbocycles. The number of aryl methyl sites for hydroxylation is 1. The topological polar surface area (TPSA) is 96.2 Å². The van der Waals surface area contributed by atoms with Crippen molar-refractivity contribution in [3.05, 3.63) is 6.33 Å². The molecule has 9 heteroatoms. The van der Waals surface area contributed by atoms with Crippen molar-refractivity contribution in [1.82, 2.24) is 35.3 Å². The second-order valence-corrected chi connectivity index (χ2v) is 6.62. The molecule has 0 bridgehead atoms. The lowest BCUT2D eigenvalue weighted by molar-refractivity contribution is -0.141. The zero-order valence-corrected chi connectivity index (χ0v) is 14.1. The van der Waals surface area contributed by atoms with Gasteiger partial charge in [-0.05, 0) is 43.2 Å². The van der Waals surface area contributed by atoms with E-state index in [9.17, 15) is 9.59 Å². The second kappa shape index (κ2) is 7.25. The first-order chi connectivity index (χ1) is 11.6. The van der Waals surface area contributed by atoms with Gasteiger partial charge in [-0.2, -0.15) is 0 Å². The largest absolute Gasteiger partial charge is 0.354 e. The Bertz CT molecular complexity index is 566. The van der Waals surface area contributed by atoms with Crippen molar-refractivity contribution < 1.29 is 9.59 Å². The van der Waals surface area contributed by atoms with E-state index in [4.69, 9.17) is 0 Å². The number of piperidine rings is 1. The maximum atomic E-state index is 12.5. The number of nitrogens with one attached hydrogen (secondary N) is 1. The van der Waals surface area contributed by atoms with E-state index in [1.165, 1.54) is 0 Å². The molecule has 1 spiro atoms. The molecule has 1 aromatic rings. The Morgan fingerprint density at radius 1 is 1.33 bits per heavy atom. The molecule has 0 saturated carbocycles. The van der Waals surface area contributed by atoms with Gasteiger partial charge in [-0.25, -0.2) is 4.68 Å². The number of hydrogen-bond donors (Lipinski definition) is 1. The molecule has 2 aliphatic heterocycles. The van der Waals surface area contributed by atoms with Crippen LogP contribution in [0, 0.1) is 0 Å². The molecule has 2 aliphatic rings. The molecule has 0 atom stereocenters. The summed E-state index contributed by atoms with van der Waals surface area (Å²) >= 11 is 0. The molecule has 3 heterocycles. The molecule has 0 aromatic carbocycles. The molecular weight excluding hydrogens is 310 g/mol. The molecule has 9 nitrogen and oxygen atoms in total. The van der Waals surface area contributed by atoms with Crippen molar-refractivity contribution in [2.24, 2.45) is 0 Å². The standard InChI is InChI=1S/C15H25N7O2/c1-20-8-3-7-16-14(24)15(20)5-10-21(11-6-15)13(23)4-2-9-22-12-17-18-19-22/h12H,2-11H2,1H3,(H,16,24). The van der Waals surface area contributed by atoms with Gasteiger partial charge in [-0.15, -0.1) is 5.10 Å². The average molecular weight is 335 g/mol. The van der Waals surface area contributed by atoms with Crippen LogP contribution in [0.2, 0.25) is 0 Å². The highest BCUT2D eigenvalue weighted by atomic mass is 16.2. The molecule has 0 radical (unpaired) electrons. The predicted octanol–water partition coefficient (Wildman–Crippen LogP) is -0.734. The monoisotopic (exact) mass is 335 g/mol. The number of rotatable bonds is 4. The fraction of sp³-hybridized carbons (Fsp3) is 0.800. The summed E-state index contributed by atoms with van der Waals surface area (Å²) in [4.78, 5) is 28.9. The number of hydrogen-bond acceptors (Lipinski definition) is 6. The molecule has 3 rings (SSSR count). The van der Waals surface area contributed by atoms with Crippen LogP contribution in [-0.2, 0) is 16.1 Å². The number of carbonyl (C=O) groups excluding carboxylic acids is 2. The molecule has 24 heavy (non-hydrogen) atoms. The molecule has 1 aromatic heterocycles. The Morgan fingerprint density at radius 3 is 2.83 bits per heavy atom. The third-order valence-electron chi connectivity index (χ3n) is 5.22. The number of likely N-dealkylation sites (tertiary alicyclic amines) is 1. The van der Waals surface area contributed by atoms with Crippen LogP contribution in [-0.4, -0.2) is 80.6 Å². The predicted molar refractivity (Wildman–Crippen MR) is 85.9 cm³/mol. The average Bonchev–Trinajstić information content (AvgIpc) is 3.07. The van der Waals surface area contributed by atoms with Gasteiger partial charge in [0.2, 0.25) is 11.8 Å². The highest BCUT2D eigenvalue weighted by Gasteiger charge is 2.45. The maximum Gasteiger partial charge on any atom is 0.240 e. The van der Waals surface area contributed by atoms with Gasteiger partial charge in [0.05, 0.1) is 0 Å². The number of tetrazole rings is 1. The minimum absolute atomic E-state index is 0.119. The number of carbonyl (C=O) groups is 2. The normalized spacial score (nSPS) is 21.5. The van der Waals surface area contributed by atoms with Gasteiger partial charge in [0, 0.05) is 39.1 Å². The summed E-state index contributed by atoms with van der Waals surface area (Å²) in [5.74, 6) is 0.267. The Labute approximate surface area is 141 Å². The second-order valence-electron chi connectivity index (χ2n) is 6.62. The fourth-order valence-corrected chi connectivity index (χ4v) is 3.64. The summed E-state index contributed by atoms with van der Waals surface area (Å²) in [5, 5.41) is 14.0. The molecular formula is C15H25N7O2. The summed E-state index contributed by atoms with van der Waals surface area (Å²) in [6.07, 6.45) is 5.13. The number of aromatic nitrogens is 4. The fourth-order valence-electron chi connectivity index (χ4n) is 3.64. The van der Waals surface area contributed by atoms with Crippen LogP contribution in [0.4, 0.5) is 0 Å². The van der Waals surface area contributed by atoms with Crippen LogP contribution in [0.5, 0.6) is 0 Å². The zero-order chi connectivity index (χ0) is 17.0. The first kappa shape index (κ1) is 16.8. The SMILES string of the molecule is CN1CCCNC(=O)C12CCN(C(=O)CCCn1cnnn1)CC2. The smallest absolute Gasteiger partial charge is 0.240 e. The van der Waals surface area contributed by atoms with Crippen molar-refractivity contribution >= 4 is 11.8 Å². The van der Waals surface area contributed by atoms with Gasteiger partial charge >= 0.3 is 0 Å². The van der Waals surface area contributed by atoms with Crippen LogP contribution in [0.3, 0.4) is 0 Å². The van der Waals surface area contributed by atoms with Crippen molar-refractivity contribution in [1.29, 1.82) is 0 Å². The van der Waals surface area contributed by atoms with Crippen molar-refractivity contribution in [3.63, 3.8) is 0 Å². The van der Waals surface area contributed by atoms with Crippen molar-refractivity contribution in [3.8, 4) is 0 Å². The molecule has 132 valence electrons. The number of nitrogens with zero attached hydrogens (tertiary/aromatic N) is 6. The van der Waals surface area contributed by atoms with Crippen LogP contribution in [0.1, 0.15) is 32.1 Å². The van der Waals surface area contributed by atoms with E-state index in [-0.39, 0.29) is 11.8 Å². The number of likely N-dealkylation sites (N-methyl/N-ethyl adjacent to an activating group) is 1. The van der Waals surface area contributed by atoms with E-state index in [0.29, 0.717) is 45.3 Å². The van der Waals surface area contributed by atoms with E-state index in [2.05, 4.69) is 25.7 Å². The first-order valence-corrected chi connectivity index (χ1v) is 8.60. The third kappa shape index (κ3) is 3.40. The Hall–Kier alpha value is -2.03. The molecule has 2 fully saturated rings. The molecule has 0 unspecified atom stereocenters. The lowest BCUT2D eigenvalue weighted by Gasteiger charge is -2.45.